The van der Waals surface area contributed by atoms with Crippen LogP contribution in [0.4, 0.5) is 4.39 Å². The van der Waals surface area contributed by atoms with Crippen LogP contribution in [0.25, 0.3) is 0 Å². The van der Waals surface area contributed by atoms with Crippen molar-refractivity contribution < 1.29 is 9.13 Å². The monoisotopic (exact) mass is 252 g/mol. The summed E-state index contributed by atoms with van der Waals surface area (Å²) in [6.07, 6.45) is 2.12. The number of halogens is 1. The highest BCUT2D eigenvalue weighted by molar-refractivity contribution is 5.26. The van der Waals surface area contributed by atoms with Gasteiger partial charge in [0.2, 0.25) is 0 Å². The Morgan fingerprint density at radius 2 is 2.33 bits per heavy atom. The fourth-order valence-electron chi connectivity index (χ4n) is 2.74. The van der Waals surface area contributed by atoms with Gasteiger partial charge in [0, 0.05) is 12.5 Å². The fraction of sp³-hybridized carbons (Fsp3) is 0.571. The average molecular weight is 252 g/mol. The van der Waals surface area contributed by atoms with E-state index < -0.39 is 0 Å². The molecule has 3 N–H and O–H groups in total. The minimum atomic E-state index is -0.181. The molecular formula is C14H21FN2O. The van der Waals surface area contributed by atoms with Gasteiger partial charge in [-0.1, -0.05) is 19.1 Å². The van der Waals surface area contributed by atoms with E-state index in [9.17, 15) is 4.39 Å². The highest BCUT2D eigenvalue weighted by Gasteiger charge is 2.34. The third-order valence-corrected chi connectivity index (χ3v) is 3.83. The second-order valence-electron chi connectivity index (χ2n) is 4.92. The number of nitrogens with two attached hydrogens (primary N) is 1. The van der Waals surface area contributed by atoms with Crippen molar-refractivity contribution in [2.75, 3.05) is 6.61 Å². The molecule has 0 aliphatic carbocycles. The van der Waals surface area contributed by atoms with E-state index in [0.717, 1.165) is 25.0 Å². The van der Waals surface area contributed by atoms with Crippen LogP contribution in [-0.4, -0.2) is 12.7 Å². The topological polar surface area (TPSA) is 47.3 Å². The lowest BCUT2D eigenvalue weighted by atomic mass is 9.87. The maximum Gasteiger partial charge on any atom is 0.126 e. The zero-order chi connectivity index (χ0) is 13.1. The zero-order valence-electron chi connectivity index (χ0n) is 10.9. The van der Waals surface area contributed by atoms with Crippen molar-refractivity contribution in [1.82, 2.24) is 5.43 Å². The van der Waals surface area contributed by atoms with Gasteiger partial charge in [-0.2, -0.15) is 0 Å². The van der Waals surface area contributed by atoms with Crippen LogP contribution >= 0.6 is 0 Å². The second kappa shape index (κ2) is 5.78. The van der Waals surface area contributed by atoms with Crippen molar-refractivity contribution in [1.29, 1.82) is 0 Å². The van der Waals surface area contributed by atoms with Gasteiger partial charge in [-0.05, 0) is 37.0 Å². The molecule has 0 saturated carbocycles. The molecule has 0 radical (unpaired) electrons. The molecule has 1 saturated heterocycles. The first-order valence-electron chi connectivity index (χ1n) is 6.51. The Morgan fingerprint density at radius 3 is 2.94 bits per heavy atom. The summed E-state index contributed by atoms with van der Waals surface area (Å²) >= 11 is 0. The summed E-state index contributed by atoms with van der Waals surface area (Å²) in [5.41, 5.74) is 4.38. The first-order chi connectivity index (χ1) is 8.67. The quantitative estimate of drug-likeness (QED) is 0.639. The molecule has 1 aliphatic rings. The SMILES string of the molecule is CCC1OCCC1C(NN)c1ccc(C)c(F)c1. The molecule has 3 nitrogen and oxygen atoms in total. The molecule has 1 aromatic carbocycles. The maximum atomic E-state index is 13.6. The van der Waals surface area contributed by atoms with E-state index in [1.165, 1.54) is 0 Å². The van der Waals surface area contributed by atoms with Gasteiger partial charge in [-0.15, -0.1) is 0 Å². The van der Waals surface area contributed by atoms with Gasteiger partial charge < -0.3 is 4.74 Å². The molecular weight excluding hydrogens is 231 g/mol. The minimum Gasteiger partial charge on any atom is -0.378 e. The van der Waals surface area contributed by atoms with E-state index >= 15 is 0 Å². The van der Waals surface area contributed by atoms with Crippen LogP contribution in [0.15, 0.2) is 18.2 Å². The smallest absolute Gasteiger partial charge is 0.126 e. The number of hydrogen-bond acceptors (Lipinski definition) is 3. The molecule has 1 fully saturated rings. The summed E-state index contributed by atoms with van der Waals surface area (Å²) in [7, 11) is 0. The Hall–Kier alpha value is -0.970. The molecule has 0 aromatic heterocycles. The van der Waals surface area contributed by atoms with Gasteiger partial charge in [0.25, 0.3) is 0 Å². The standard InChI is InChI=1S/C14H21FN2O/c1-3-13-11(6-7-18-13)14(17-16)10-5-4-9(2)12(15)8-10/h4-5,8,11,13-14,17H,3,6-7,16H2,1-2H3. The van der Waals surface area contributed by atoms with Gasteiger partial charge in [0.15, 0.2) is 0 Å². The van der Waals surface area contributed by atoms with E-state index in [4.69, 9.17) is 10.6 Å². The van der Waals surface area contributed by atoms with Crippen LogP contribution in [0, 0.1) is 18.7 Å². The summed E-state index contributed by atoms with van der Waals surface area (Å²) in [6.45, 7) is 4.62. The maximum absolute atomic E-state index is 13.6. The highest BCUT2D eigenvalue weighted by atomic mass is 19.1. The molecule has 100 valence electrons. The van der Waals surface area contributed by atoms with Gasteiger partial charge in [0.05, 0.1) is 12.1 Å². The summed E-state index contributed by atoms with van der Waals surface area (Å²) < 4.78 is 19.3. The third-order valence-electron chi connectivity index (χ3n) is 3.83. The summed E-state index contributed by atoms with van der Waals surface area (Å²) in [4.78, 5) is 0. The van der Waals surface area contributed by atoms with Crippen molar-refractivity contribution in [2.45, 2.75) is 38.8 Å². The lowest BCUT2D eigenvalue weighted by molar-refractivity contribution is 0.0773. The van der Waals surface area contributed by atoms with Crippen LogP contribution in [-0.2, 0) is 4.74 Å². The van der Waals surface area contributed by atoms with Crippen LogP contribution in [0.3, 0.4) is 0 Å². The van der Waals surface area contributed by atoms with Crippen LogP contribution in [0.5, 0.6) is 0 Å². The fourth-order valence-corrected chi connectivity index (χ4v) is 2.74. The number of hydrazine groups is 1. The van der Waals surface area contributed by atoms with Crippen molar-refractivity contribution in [2.24, 2.45) is 11.8 Å². The summed E-state index contributed by atoms with van der Waals surface area (Å²) in [5.74, 6) is 5.79. The Balaban J connectivity index is 2.24. The molecule has 0 spiro atoms. The van der Waals surface area contributed by atoms with E-state index in [1.54, 1.807) is 19.1 Å². The molecule has 0 bridgehead atoms. The molecule has 3 atom stereocenters. The molecule has 3 unspecified atom stereocenters. The van der Waals surface area contributed by atoms with Crippen molar-refractivity contribution in [3.8, 4) is 0 Å². The molecule has 2 rings (SSSR count). The number of nitrogens with one attached hydrogen (secondary N) is 1. The highest BCUT2D eigenvalue weighted by Crippen LogP contribution is 2.34. The van der Waals surface area contributed by atoms with Crippen LogP contribution in [0.2, 0.25) is 0 Å². The van der Waals surface area contributed by atoms with E-state index in [0.29, 0.717) is 11.5 Å². The largest absolute Gasteiger partial charge is 0.378 e. The Bertz CT molecular complexity index is 411. The van der Waals surface area contributed by atoms with Gasteiger partial charge in [0.1, 0.15) is 5.82 Å². The lowest BCUT2D eigenvalue weighted by Crippen LogP contribution is -2.37. The van der Waals surface area contributed by atoms with Gasteiger partial charge in [-0.3, -0.25) is 11.3 Å². The third kappa shape index (κ3) is 2.55. The number of hydrogen-bond donors (Lipinski definition) is 2. The normalized spacial score (nSPS) is 25.3. The zero-order valence-corrected chi connectivity index (χ0v) is 10.9. The first-order valence-corrected chi connectivity index (χ1v) is 6.51. The van der Waals surface area contributed by atoms with Crippen LogP contribution in [0.1, 0.15) is 36.9 Å². The number of aryl methyl sites for hydroxylation is 1. The molecule has 18 heavy (non-hydrogen) atoms. The second-order valence-corrected chi connectivity index (χ2v) is 4.92. The Kier molecular flexibility index (Phi) is 4.32. The Labute approximate surface area is 107 Å². The van der Waals surface area contributed by atoms with Crippen LogP contribution < -0.4 is 11.3 Å². The average Bonchev–Trinajstić information content (AvgIpc) is 2.83. The van der Waals surface area contributed by atoms with E-state index in [-0.39, 0.29) is 18.0 Å². The van der Waals surface area contributed by atoms with Gasteiger partial charge in [-0.25, -0.2) is 4.39 Å². The molecule has 4 heteroatoms. The lowest BCUT2D eigenvalue weighted by Gasteiger charge is -2.27. The molecule has 0 amide bonds. The van der Waals surface area contributed by atoms with Crippen molar-refractivity contribution in [3.05, 3.63) is 35.1 Å². The molecule has 1 heterocycles. The predicted octanol–water partition coefficient (Wildman–Crippen LogP) is 2.45. The minimum absolute atomic E-state index is 0.0486. The van der Waals surface area contributed by atoms with Gasteiger partial charge >= 0.3 is 0 Å². The van der Waals surface area contributed by atoms with E-state index in [1.807, 2.05) is 6.07 Å². The molecule has 1 aliphatic heterocycles. The number of ether oxygens (including phenoxy) is 1. The number of benzene rings is 1. The van der Waals surface area contributed by atoms with Crippen molar-refractivity contribution >= 4 is 0 Å². The summed E-state index contributed by atoms with van der Waals surface area (Å²) in [6, 6.07) is 5.26. The first kappa shape index (κ1) is 13.5. The predicted molar refractivity (Wildman–Crippen MR) is 69.3 cm³/mol. The van der Waals surface area contributed by atoms with E-state index in [2.05, 4.69) is 12.3 Å². The summed E-state index contributed by atoms with van der Waals surface area (Å²) in [5, 5.41) is 0. The Morgan fingerprint density at radius 1 is 1.56 bits per heavy atom. The molecule has 1 aromatic rings. The van der Waals surface area contributed by atoms with Crippen molar-refractivity contribution in [3.63, 3.8) is 0 Å². The number of rotatable bonds is 4.